The molecule has 0 bridgehead atoms. The van der Waals surface area contributed by atoms with Crippen LogP contribution in [-0.2, 0) is 11.1 Å². The first-order valence-corrected chi connectivity index (χ1v) is 10.3. The molecule has 0 aliphatic rings. The van der Waals surface area contributed by atoms with Crippen molar-refractivity contribution in [2.75, 3.05) is 6.54 Å². The van der Waals surface area contributed by atoms with Crippen molar-refractivity contribution in [3.8, 4) is 28.6 Å². The van der Waals surface area contributed by atoms with Crippen LogP contribution in [-0.4, -0.2) is 46.2 Å². The molecule has 1 amide bonds. The minimum atomic E-state index is -2.39. The lowest BCUT2D eigenvalue weighted by Crippen LogP contribution is -2.26. The first-order chi connectivity index (χ1) is 14.2. The maximum absolute atomic E-state index is 12.5. The summed E-state index contributed by atoms with van der Waals surface area (Å²) in [5.41, 5.74) is 1.30. The van der Waals surface area contributed by atoms with Crippen molar-refractivity contribution in [1.82, 2.24) is 20.1 Å². The van der Waals surface area contributed by atoms with Crippen LogP contribution in [0.25, 0.3) is 17.1 Å². The van der Waals surface area contributed by atoms with Crippen molar-refractivity contribution in [2.24, 2.45) is 0 Å². The standard InChI is InChI=1S/C20H22N4O5S/c1-4-21-20(27)19-23-22-18(15-9-14(11(2)3)16(25)10-17(15)26)24(19)12-5-7-13(8-6-12)30(28)29/h5-11,25-26H,4H2,1-3H3,(H,21,27)(H,28,29)/p-1. The second-order valence-electron chi connectivity index (χ2n) is 6.85. The Hall–Kier alpha value is -3.24. The zero-order chi connectivity index (χ0) is 22.0. The number of phenols is 2. The Balaban J connectivity index is 2.25. The summed E-state index contributed by atoms with van der Waals surface area (Å²) in [6.07, 6.45) is 0. The quantitative estimate of drug-likeness (QED) is 0.511. The maximum atomic E-state index is 12.5. The molecule has 0 saturated carbocycles. The molecule has 2 aromatic carbocycles. The average Bonchev–Trinajstić information content (AvgIpc) is 3.13. The van der Waals surface area contributed by atoms with Gasteiger partial charge in [-0.2, -0.15) is 0 Å². The second kappa shape index (κ2) is 8.64. The number of amides is 1. The van der Waals surface area contributed by atoms with E-state index in [9.17, 15) is 23.8 Å². The highest BCUT2D eigenvalue weighted by Crippen LogP contribution is 2.38. The third-order valence-electron chi connectivity index (χ3n) is 4.50. The van der Waals surface area contributed by atoms with Gasteiger partial charge < -0.3 is 20.1 Å². The van der Waals surface area contributed by atoms with E-state index in [-0.39, 0.29) is 39.5 Å². The Morgan fingerprint density at radius 1 is 1.17 bits per heavy atom. The zero-order valence-electron chi connectivity index (χ0n) is 16.6. The van der Waals surface area contributed by atoms with Crippen LogP contribution in [0.15, 0.2) is 41.3 Å². The third kappa shape index (κ3) is 4.05. The lowest BCUT2D eigenvalue weighted by atomic mass is 9.98. The van der Waals surface area contributed by atoms with Gasteiger partial charge in [0.25, 0.3) is 5.91 Å². The molecule has 9 nitrogen and oxygen atoms in total. The van der Waals surface area contributed by atoms with Crippen LogP contribution in [0, 0.1) is 0 Å². The Kier molecular flexibility index (Phi) is 6.18. The number of nitrogens with zero attached hydrogens (tertiary/aromatic N) is 3. The summed E-state index contributed by atoms with van der Waals surface area (Å²) >= 11 is -2.39. The average molecular weight is 429 g/mol. The number of carbonyl (C=O) groups excluding carboxylic acids is 1. The van der Waals surface area contributed by atoms with E-state index in [1.807, 2.05) is 13.8 Å². The van der Waals surface area contributed by atoms with Gasteiger partial charge in [-0.3, -0.25) is 13.6 Å². The predicted molar refractivity (Wildman–Crippen MR) is 109 cm³/mol. The first-order valence-electron chi connectivity index (χ1n) is 9.24. The van der Waals surface area contributed by atoms with E-state index < -0.39 is 17.0 Å². The topological polar surface area (TPSA) is 140 Å². The van der Waals surface area contributed by atoms with Crippen molar-refractivity contribution >= 4 is 17.0 Å². The van der Waals surface area contributed by atoms with Crippen LogP contribution in [0.4, 0.5) is 0 Å². The van der Waals surface area contributed by atoms with Crippen LogP contribution >= 0.6 is 0 Å². The number of carbonyl (C=O) groups is 1. The molecule has 1 unspecified atom stereocenters. The highest BCUT2D eigenvalue weighted by molar-refractivity contribution is 7.79. The summed E-state index contributed by atoms with van der Waals surface area (Å²) in [4.78, 5) is 12.6. The van der Waals surface area contributed by atoms with Crippen LogP contribution in [0.3, 0.4) is 0 Å². The molecule has 3 aromatic rings. The number of nitrogens with one attached hydrogen (secondary N) is 1. The summed E-state index contributed by atoms with van der Waals surface area (Å²) < 4.78 is 23.8. The molecule has 3 rings (SSSR count). The second-order valence-corrected chi connectivity index (χ2v) is 7.79. The molecule has 10 heteroatoms. The van der Waals surface area contributed by atoms with E-state index in [1.54, 1.807) is 13.0 Å². The summed E-state index contributed by atoms with van der Waals surface area (Å²) in [5.74, 6) is -0.646. The summed E-state index contributed by atoms with van der Waals surface area (Å²) in [5, 5.41) is 31.4. The summed E-state index contributed by atoms with van der Waals surface area (Å²) in [7, 11) is 0. The van der Waals surface area contributed by atoms with Crippen LogP contribution in [0.5, 0.6) is 11.5 Å². The van der Waals surface area contributed by atoms with Gasteiger partial charge in [-0.25, -0.2) is 0 Å². The van der Waals surface area contributed by atoms with Crippen molar-refractivity contribution < 1.29 is 23.8 Å². The fourth-order valence-corrected chi connectivity index (χ4v) is 3.39. The van der Waals surface area contributed by atoms with Gasteiger partial charge in [0.1, 0.15) is 11.5 Å². The minimum absolute atomic E-state index is 0.0265. The number of aromatic nitrogens is 3. The fourth-order valence-electron chi connectivity index (χ4n) is 3.03. The largest absolute Gasteiger partial charge is 0.768 e. The number of aromatic hydroxyl groups is 2. The number of benzene rings is 2. The van der Waals surface area contributed by atoms with Gasteiger partial charge >= 0.3 is 0 Å². The molecule has 0 aliphatic carbocycles. The smallest absolute Gasteiger partial charge is 0.289 e. The molecule has 0 spiro atoms. The molecule has 1 atom stereocenters. The molecule has 0 aliphatic heterocycles. The van der Waals surface area contributed by atoms with Crippen molar-refractivity contribution in [2.45, 2.75) is 31.6 Å². The SMILES string of the molecule is CCNC(=O)c1nnc(-c2cc(C(C)C)c(O)cc2O)n1-c1ccc(S(=O)[O-])cc1. The van der Waals surface area contributed by atoms with E-state index in [0.717, 1.165) is 0 Å². The highest BCUT2D eigenvalue weighted by atomic mass is 32.2. The van der Waals surface area contributed by atoms with Crippen molar-refractivity contribution in [1.29, 1.82) is 0 Å². The van der Waals surface area contributed by atoms with Gasteiger partial charge in [-0.15, -0.1) is 10.2 Å². The molecule has 3 N–H and O–H groups in total. The maximum Gasteiger partial charge on any atom is 0.289 e. The lowest BCUT2D eigenvalue weighted by Gasteiger charge is -2.15. The number of rotatable bonds is 6. The van der Waals surface area contributed by atoms with Gasteiger partial charge in [0.15, 0.2) is 5.82 Å². The Morgan fingerprint density at radius 3 is 2.40 bits per heavy atom. The Morgan fingerprint density at radius 2 is 1.83 bits per heavy atom. The molecule has 30 heavy (non-hydrogen) atoms. The number of hydrogen-bond acceptors (Lipinski definition) is 7. The molecule has 158 valence electrons. The van der Waals surface area contributed by atoms with E-state index in [0.29, 0.717) is 17.8 Å². The van der Waals surface area contributed by atoms with E-state index >= 15 is 0 Å². The number of hydrogen-bond donors (Lipinski definition) is 3. The van der Waals surface area contributed by atoms with Gasteiger partial charge in [-0.1, -0.05) is 13.8 Å². The van der Waals surface area contributed by atoms with Gasteiger partial charge in [0.2, 0.25) is 5.82 Å². The van der Waals surface area contributed by atoms with Crippen LogP contribution in [0.1, 0.15) is 42.9 Å². The van der Waals surface area contributed by atoms with Crippen molar-refractivity contribution in [3.05, 3.63) is 47.8 Å². The zero-order valence-corrected chi connectivity index (χ0v) is 17.4. The first kappa shape index (κ1) is 21.5. The minimum Gasteiger partial charge on any atom is -0.768 e. The van der Waals surface area contributed by atoms with Crippen LogP contribution < -0.4 is 5.32 Å². The van der Waals surface area contributed by atoms with Crippen LogP contribution in [0.2, 0.25) is 0 Å². The van der Waals surface area contributed by atoms with Gasteiger partial charge in [0, 0.05) is 23.2 Å². The molecule has 1 aromatic heterocycles. The fraction of sp³-hybridized carbons (Fsp3) is 0.250. The monoisotopic (exact) mass is 429 g/mol. The van der Waals surface area contributed by atoms with Crippen molar-refractivity contribution in [3.63, 3.8) is 0 Å². The van der Waals surface area contributed by atoms with Gasteiger partial charge in [0.05, 0.1) is 5.56 Å². The molecular formula is C20H21N4O5S-. The van der Waals surface area contributed by atoms with E-state index in [1.165, 1.54) is 34.9 Å². The van der Waals surface area contributed by atoms with E-state index in [2.05, 4.69) is 15.5 Å². The summed E-state index contributed by atoms with van der Waals surface area (Å²) in [6.45, 7) is 5.92. The van der Waals surface area contributed by atoms with E-state index in [4.69, 9.17) is 0 Å². The summed E-state index contributed by atoms with van der Waals surface area (Å²) in [6, 6.07) is 8.63. The predicted octanol–water partition coefficient (Wildman–Crippen LogP) is 2.46. The third-order valence-corrected chi connectivity index (χ3v) is 5.16. The molecule has 1 heterocycles. The molecule has 0 radical (unpaired) electrons. The highest BCUT2D eigenvalue weighted by Gasteiger charge is 2.24. The number of phenolic OH excluding ortho intramolecular Hbond substituents is 2. The Labute approximate surface area is 175 Å². The Bertz CT molecular complexity index is 1110. The molecule has 0 fully saturated rings. The molecular weight excluding hydrogens is 408 g/mol. The lowest BCUT2D eigenvalue weighted by molar-refractivity contribution is 0.0943. The van der Waals surface area contributed by atoms with Gasteiger partial charge in [-0.05, 0) is 59.8 Å². The molecule has 0 saturated heterocycles. The normalized spacial score (nSPS) is 12.2.